The molecule has 32 heavy (non-hydrogen) atoms. The smallest absolute Gasteiger partial charge is 0.185 e. The molecule has 0 unspecified atom stereocenters. The fourth-order valence-corrected chi connectivity index (χ4v) is 6.65. The molecule has 0 aliphatic carbocycles. The number of nitriles is 1. The quantitative estimate of drug-likeness (QED) is 0.536. The molecule has 0 amide bonds. The second-order valence-electron chi connectivity index (χ2n) is 7.42. The maximum absolute atomic E-state index is 13.1. The summed E-state index contributed by atoms with van der Waals surface area (Å²) in [6, 6.07) is 14.0. The number of nitrogens with zero attached hydrogens (tertiary/aromatic N) is 3. The minimum atomic E-state index is -3.56. The molecule has 0 bridgehead atoms. The predicted octanol–water partition coefficient (Wildman–Crippen LogP) is 4.14. The van der Waals surface area contributed by atoms with Gasteiger partial charge in [0, 0.05) is 30.1 Å². The molecule has 1 fully saturated rings. The summed E-state index contributed by atoms with van der Waals surface area (Å²) in [5.74, 6) is 1.39. The number of rotatable bonds is 6. The van der Waals surface area contributed by atoms with E-state index >= 15 is 0 Å². The van der Waals surface area contributed by atoms with Crippen molar-refractivity contribution in [2.45, 2.75) is 23.0 Å². The van der Waals surface area contributed by atoms with Gasteiger partial charge in [0.25, 0.3) is 0 Å². The van der Waals surface area contributed by atoms with E-state index in [0.717, 1.165) is 16.4 Å². The van der Waals surface area contributed by atoms with E-state index in [2.05, 4.69) is 4.90 Å². The third kappa shape index (κ3) is 4.16. The zero-order chi connectivity index (χ0) is 22.7. The SMILES string of the molecule is COc1ccc(-c2csc(N3CCC(S(=O)(=O)c4ccccc4C#N)CC3)n2)c(OC)c1. The Hall–Kier alpha value is -3.09. The van der Waals surface area contributed by atoms with Gasteiger partial charge in [0.2, 0.25) is 0 Å². The summed E-state index contributed by atoms with van der Waals surface area (Å²) in [5.41, 5.74) is 1.89. The highest BCUT2D eigenvalue weighted by Crippen LogP contribution is 2.37. The summed E-state index contributed by atoms with van der Waals surface area (Å²) in [7, 11) is -0.337. The number of hydrogen-bond acceptors (Lipinski definition) is 8. The van der Waals surface area contributed by atoms with E-state index in [4.69, 9.17) is 14.5 Å². The van der Waals surface area contributed by atoms with Crippen molar-refractivity contribution in [3.8, 4) is 28.8 Å². The Bertz CT molecular complexity index is 1260. The van der Waals surface area contributed by atoms with Crippen LogP contribution >= 0.6 is 11.3 Å². The van der Waals surface area contributed by atoms with Crippen molar-refractivity contribution in [1.82, 2.24) is 4.98 Å². The van der Waals surface area contributed by atoms with Gasteiger partial charge in [0.05, 0.1) is 35.6 Å². The normalized spacial score (nSPS) is 14.7. The lowest BCUT2D eigenvalue weighted by atomic mass is 10.1. The Morgan fingerprint density at radius 1 is 1.12 bits per heavy atom. The molecular weight excluding hydrogens is 446 g/mol. The zero-order valence-corrected chi connectivity index (χ0v) is 19.4. The molecule has 166 valence electrons. The molecule has 9 heteroatoms. The standard InChI is InChI=1S/C23H23N3O4S2/c1-29-17-7-8-19(21(13-17)30-2)20-15-31-23(25-20)26-11-9-18(10-12-26)32(27,28)22-6-4-3-5-16(22)14-24/h3-8,13,15,18H,9-12H2,1-2H3. The Kier molecular flexibility index (Phi) is 6.35. The summed E-state index contributed by atoms with van der Waals surface area (Å²) < 4.78 is 37.0. The van der Waals surface area contributed by atoms with Crippen LogP contribution in [0.25, 0.3) is 11.3 Å². The predicted molar refractivity (Wildman–Crippen MR) is 124 cm³/mol. The second-order valence-corrected chi connectivity index (χ2v) is 10.5. The number of ether oxygens (including phenoxy) is 2. The molecule has 0 N–H and O–H groups in total. The van der Waals surface area contributed by atoms with Crippen molar-refractivity contribution >= 4 is 26.3 Å². The monoisotopic (exact) mass is 469 g/mol. The van der Waals surface area contributed by atoms with Crippen molar-refractivity contribution in [3.05, 3.63) is 53.4 Å². The van der Waals surface area contributed by atoms with Crippen LogP contribution in [0.3, 0.4) is 0 Å². The molecule has 0 spiro atoms. The Morgan fingerprint density at radius 3 is 2.56 bits per heavy atom. The Morgan fingerprint density at radius 2 is 1.88 bits per heavy atom. The highest BCUT2D eigenvalue weighted by Gasteiger charge is 2.33. The van der Waals surface area contributed by atoms with E-state index in [-0.39, 0.29) is 10.5 Å². The first-order valence-corrected chi connectivity index (χ1v) is 12.6. The molecule has 0 radical (unpaired) electrons. The van der Waals surface area contributed by atoms with Gasteiger partial charge in [-0.2, -0.15) is 5.26 Å². The second kappa shape index (κ2) is 9.18. The van der Waals surface area contributed by atoms with Gasteiger partial charge in [-0.15, -0.1) is 11.3 Å². The molecule has 0 saturated carbocycles. The maximum atomic E-state index is 13.1. The third-order valence-electron chi connectivity index (χ3n) is 5.64. The number of benzene rings is 2. The molecule has 3 aromatic rings. The fraction of sp³-hybridized carbons (Fsp3) is 0.304. The summed E-state index contributed by atoms with van der Waals surface area (Å²) in [6.45, 7) is 1.18. The Labute approximate surface area is 191 Å². The first-order valence-electron chi connectivity index (χ1n) is 10.1. The minimum absolute atomic E-state index is 0.129. The van der Waals surface area contributed by atoms with Gasteiger partial charge in [-0.3, -0.25) is 0 Å². The van der Waals surface area contributed by atoms with Crippen LogP contribution in [0, 0.1) is 11.3 Å². The number of aromatic nitrogens is 1. The molecule has 0 atom stereocenters. The highest BCUT2D eigenvalue weighted by molar-refractivity contribution is 7.92. The average molecular weight is 470 g/mol. The van der Waals surface area contributed by atoms with E-state index in [0.29, 0.717) is 37.4 Å². The molecule has 1 aromatic heterocycles. The van der Waals surface area contributed by atoms with Crippen LogP contribution in [0.4, 0.5) is 5.13 Å². The molecule has 1 aliphatic rings. The fourth-order valence-electron chi connectivity index (χ4n) is 3.89. The summed E-state index contributed by atoms with van der Waals surface area (Å²) in [5, 5.41) is 11.6. The van der Waals surface area contributed by atoms with E-state index in [1.54, 1.807) is 32.4 Å². The van der Waals surface area contributed by atoms with Gasteiger partial charge in [-0.1, -0.05) is 12.1 Å². The highest BCUT2D eigenvalue weighted by atomic mass is 32.2. The number of piperidine rings is 1. The first kappa shape index (κ1) is 22.1. The van der Waals surface area contributed by atoms with Crippen molar-refractivity contribution in [2.75, 3.05) is 32.2 Å². The van der Waals surface area contributed by atoms with Gasteiger partial charge >= 0.3 is 0 Å². The van der Waals surface area contributed by atoms with E-state index in [1.165, 1.54) is 17.4 Å². The molecule has 2 heterocycles. The van der Waals surface area contributed by atoms with Crippen LogP contribution in [0.5, 0.6) is 11.5 Å². The zero-order valence-electron chi connectivity index (χ0n) is 17.8. The number of sulfone groups is 1. The number of thiazole rings is 1. The molecule has 1 aliphatic heterocycles. The lowest BCUT2D eigenvalue weighted by Crippen LogP contribution is -2.39. The van der Waals surface area contributed by atoms with Crippen molar-refractivity contribution in [2.24, 2.45) is 0 Å². The number of hydrogen-bond donors (Lipinski definition) is 0. The van der Waals surface area contributed by atoms with Gasteiger partial charge < -0.3 is 14.4 Å². The molecule has 7 nitrogen and oxygen atoms in total. The summed E-state index contributed by atoms with van der Waals surface area (Å²) in [6.07, 6.45) is 0.978. The van der Waals surface area contributed by atoms with Gasteiger partial charge in [0.1, 0.15) is 17.6 Å². The van der Waals surface area contributed by atoms with Crippen LogP contribution in [-0.2, 0) is 9.84 Å². The molecule has 2 aromatic carbocycles. The van der Waals surface area contributed by atoms with E-state index in [1.807, 2.05) is 29.6 Å². The van der Waals surface area contributed by atoms with Crippen molar-refractivity contribution < 1.29 is 17.9 Å². The molecule has 4 rings (SSSR count). The van der Waals surface area contributed by atoms with E-state index in [9.17, 15) is 13.7 Å². The third-order valence-corrected chi connectivity index (χ3v) is 8.86. The number of methoxy groups -OCH3 is 2. The first-order chi connectivity index (χ1) is 15.5. The maximum Gasteiger partial charge on any atom is 0.185 e. The lowest BCUT2D eigenvalue weighted by Gasteiger charge is -2.31. The summed E-state index contributed by atoms with van der Waals surface area (Å²) in [4.78, 5) is 7.02. The molecule has 1 saturated heterocycles. The van der Waals surface area contributed by atoms with Gasteiger partial charge in [0.15, 0.2) is 15.0 Å². The van der Waals surface area contributed by atoms with Gasteiger partial charge in [-0.25, -0.2) is 13.4 Å². The topological polar surface area (TPSA) is 92.5 Å². The molecular formula is C23H23N3O4S2. The Balaban J connectivity index is 1.49. The van der Waals surface area contributed by atoms with Crippen LogP contribution in [-0.4, -0.2) is 46.0 Å². The summed E-state index contributed by atoms with van der Waals surface area (Å²) >= 11 is 1.53. The van der Waals surface area contributed by atoms with Crippen LogP contribution < -0.4 is 14.4 Å². The van der Waals surface area contributed by atoms with Crippen molar-refractivity contribution in [3.63, 3.8) is 0 Å². The lowest BCUT2D eigenvalue weighted by molar-refractivity contribution is 0.395. The minimum Gasteiger partial charge on any atom is -0.497 e. The van der Waals surface area contributed by atoms with Crippen LogP contribution in [0.1, 0.15) is 18.4 Å². The van der Waals surface area contributed by atoms with Crippen molar-refractivity contribution in [1.29, 1.82) is 5.26 Å². The average Bonchev–Trinajstić information content (AvgIpc) is 3.33. The van der Waals surface area contributed by atoms with E-state index < -0.39 is 15.1 Å². The van der Waals surface area contributed by atoms with Gasteiger partial charge in [-0.05, 0) is 37.1 Å². The number of anilines is 1. The van der Waals surface area contributed by atoms with Crippen LogP contribution in [0.2, 0.25) is 0 Å². The van der Waals surface area contributed by atoms with Crippen LogP contribution in [0.15, 0.2) is 52.7 Å². The largest absolute Gasteiger partial charge is 0.497 e.